The van der Waals surface area contributed by atoms with E-state index in [1.54, 1.807) is 11.8 Å². The van der Waals surface area contributed by atoms with Crippen LogP contribution in [0.15, 0.2) is 11.6 Å². The molecule has 1 aliphatic carbocycles. The molecule has 0 spiro atoms. The summed E-state index contributed by atoms with van der Waals surface area (Å²) in [6.07, 6.45) is 5.31. The molecule has 1 fully saturated rings. The first kappa shape index (κ1) is 11.1. The summed E-state index contributed by atoms with van der Waals surface area (Å²) in [4.78, 5) is 14.3. The Morgan fingerprint density at radius 2 is 2.07 bits per heavy atom. The number of hydrogen-bond acceptors (Lipinski definition) is 2. The third kappa shape index (κ3) is 1.61. The Balaban J connectivity index is 2.21. The topological polar surface area (TPSA) is 20.3 Å². The lowest BCUT2D eigenvalue weighted by Gasteiger charge is -2.38. The summed E-state index contributed by atoms with van der Waals surface area (Å²) in [6, 6.07) is 0. The second kappa shape index (κ2) is 3.55. The number of nitrogens with zero attached hydrogens (tertiary/aromatic N) is 1. The van der Waals surface area contributed by atoms with Crippen LogP contribution in [0.3, 0.4) is 0 Å². The Morgan fingerprint density at radius 3 is 2.53 bits per heavy atom. The van der Waals surface area contributed by atoms with E-state index in [1.165, 1.54) is 12.8 Å². The summed E-state index contributed by atoms with van der Waals surface area (Å²) in [5, 5.41) is 2.00. The van der Waals surface area contributed by atoms with Crippen molar-refractivity contribution in [1.82, 2.24) is 4.90 Å². The molecule has 0 saturated heterocycles. The van der Waals surface area contributed by atoms with E-state index in [9.17, 15) is 4.79 Å². The maximum absolute atomic E-state index is 12.4. The fraction of sp³-hybridized carbons (Fsp3) is 0.750. The van der Waals surface area contributed by atoms with Gasteiger partial charge in [0.25, 0.3) is 0 Å². The number of carbonyl (C=O) groups excluding carboxylic acids is 1. The number of hydrogen-bond donors (Lipinski definition) is 0. The van der Waals surface area contributed by atoms with Crippen molar-refractivity contribution >= 4 is 17.7 Å². The summed E-state index contributed by atoms with van der Waals surface area (Å²) in [5.74, 6) is 1.11. The van der Waals surface area contributed by atoms with Gasteiger partial charge in [-0.25, -0.2) is 0 Å². The molecule has 0 bridgehead atoms. The molecule has 0 aromatic rings. The molecule has 15 heavy (non-hydrogen) atoms. The molecule has 2 nitrogen and oxygen atoms in total. The van der Waals surface area contributed by atoms with Gasteiger partial charge < -0.3 is 4.90 Å². The maximum Gasteiger partial charge on any atom is 0.233 e. The molecule has 0 aromatic heterocycles. The van der Waals surface area contributed by atoms with E-state index in [0.717, 1.165) is 12.3 Å². The second-order valence-corrected chi connectivity index (χ2v) is 6.29. The molecular weight excluding hydrogens is 206 g/mol. The summed E-state index contributed by atoms with van der Waals surface area (Å²) in [5.41, 5.74) is -0.0204. The Kier molecular flexibility index (Phi) is 2.61. The van der Waals surface area contributed by atoms with Gasteiger partial charge >= 0.3 is 0 Å². The number of amides is 1. The largest absolute Gasteiger partial charge is 0.308 e. The van der Waals surface area contributed by atoms with Crippen LogP contribution in [0.1, 0.15) is 40.0 Å². The van der Waals surface area contributed by atoms with Crippen LogP contribution >= 0.6 is 11.8 Å². The average Bonchev–Trinajstić information content (AvgIpc) is 2.75. The quantitative estimate of drug-likeness (QED) is 0.683. The summed E-state index contributed by atoms with van der Waals surface area (Å²) in [7, 11) is 0. The molecule has 1 aliphatic heterocycles. The van der Waals surface area contributed by atoms with Gasteiger partial charge in [0.05, 0.1) is 11.3 Å². The van der Waals surface area contributed by atoms with E-state index in [2.05, 4.69) is 20.8 Å². The minimum absolute atomic E-state index is 0.144. The predicted molar refractivity (Wildman–Crippen MR) is 64.2 cm³/mol. The minimum atomic E-state index is -0.164. The molecule has 0 aromatic carbocycles. The Hall–Kier alpha value is -0.440. The highest BCUT2D eigenvalue weighted by Gasteiger charge is 2.51. The van der Waals surface area contributed by atoms with Crippen molar-refractivity contribution < 1.29 is 4.79 Å². The molecule has 84 valence electrons. The number of carbonyl (C=O) groups is 1. The van der Waals surface area contributed by atoms with Gasteiger partial charge in [0.2, 0.25) is 5.91 Å². The van der Waals surface area contributed by atoms with Gasteiger partial charge in [-0.15, -0.1) is 11.8 Å². The van der Waals surface area contributed by atoms with E-state index in [0.29, 0.717) is 5.91 Å². The zero-order valence-corrected chi connectivity index (χ0v) is 10.6. The normalized spacial score (nSPS) is 33.7. The van der Waals surface area contributed by atoms with E-state index < -0.39 is 0 Å². The SMILES string of the molecule is CC1(C)CCCC1(C)C(=O)N1C=CSC1. The number of rotatable bonds is 1. The van der Waals surface area contributed by atoms with Crippen LogP contribution in [0.4, 0.5) is 0 Å². The molecule has 1 unspecified atom stereocenters. The van der Waals surface area contributed by atoms with Crippen molar-refractivity contribution in [2.45, 2.75) is 40.0 Å². The monoisotopic (exact) mass is 225 g/mol. The average molecular weight is 225 g/mol. The fourth-order valence-electron chi connectivity index (χ4n) is 2.62. The van der Waals surface area contributed by atoms with Crippen molar-refractivity contribution in [2.24, 2.45) is 10.8 Å². The van der Waals surface area contributed by atoms with Crippen molar-refractivity contribution in [2.75, 3.05) is 5.88 Å². The first-order valence-corrected chi connectivity index (χ1v) is 6.62. The van der Waals surface area contributed by atoms with Gasteiger partial charge in [0.1, 0.15) is 0 Å². The van der Waals surface area contributed by atoms with E-state index in [4.69, 9.17) is 0 Å². The smallest absolute Gasteiger partial charge is 0.233 e. The van der Waals surface area contributed by atoms with Gasteiger partial charge in [0, 0.05) is 6.20 Å². The highest BCUT2D eigenvalue weighted by molar-refractivity contribution is 8.02. The standard InChI is InChI=1S/C12H19NOS/c1-11(2)5-4-6-12(11,3)10(14)13-7-8-15-9-13/h7-8H,4-6,9H2,1-3H3. The summed E-state index contributed by atoms with van der Waals surface area (Å²) < 4.78 is 0. The van der Waals surface area contributed by atoms with Crippen LogP contribution in [0, 0.1) is 10.8 Å². The molecule has 3 heteroatoms. The summed E-state index contributed by atoms with van der Waals surface area (Å²) in [6.45, 7) is 6.59. The molecule has 2 aliphatic rings. The number of thioether (sulfide) groups is 1. The van der Waals surface area contributed by atoms with Gasteiger partial charge in [-0.3, -0.25) is 4.79 Å². The Labute approximate surface area is 96.1 Å². The Morgan fingerprint density at radius 1 is 1.33 bits per heavy atom. The van der Waals surface area contributed by atoms with E-state index in [-0.39, 0.29) is 10.8 Å². The van der Waals surface area contributed by atoms with Crippen LogP contribution in [0.5, 0.6) is 0 Å². The van der Waals surface area contributed by atoms with Crippen LogP contribution in [-0.4, -0.2) is 16.7 Å². The molecule has 1 atom stereocenters. The minimum Gasteiger partial charge on any atom is -0.308 e. The molecule has 2 rings (SSSR count). The first-order chi connectivity index (χ1) is 6.97. The van der Waals surface area contributed by atoms with E-state index >= 15 is 0 Å². The van der Waals surface area contributed by atoms with Gasteiger partial charge in [0.15, 0.2) is 0 Å². The fourth-order valence-corrected chi connectivity index (χ4v) is 3.30. The predicted octanol–water partition coefficient (Wildman–Crippen LogP) is 3.21. The van der Waals surface area contributed by atoms with Crippen molar-refractivity contribution in [3.8, 4) is 0 Å². The molecule has 1 saturated carbocycles. The van der Waals surface area contributed by atoms with Crippen LogP contribution < -0.4 is 0 Å². The zero-order valence-electron chi connectivity index (χ0n) is 9.75. The molecule has 1 heterocycles. The lowest BCUT2D eigenvalue weighted by Crippen LogP contribution is -2.44. The van der Waals surface area contributed by atoms with Crippen LogP contribution in [0.2, 0.25) is 0 Å². The van der Waals surface area contributed by atoms with Crippen LogP contribution in [0.25, 0.3) is 0 Å². The lowest BCUT2D eigenvalue weighted by molar-refractivity contribution is -0.142. The van der Waals surface area contributed by atoms with Crippen LogP contribution in [-0.2, 0) is 4.79 Å². The zero-order chi connectivity index (χ0) is 11.1. The first-order valence-electron chi connectivity index (χ1n) is 5.57. The highest BCUT2D eigenvalue weighted by atomic mass is 32.2. The van der Waals surface area contributed by atoms with Crippen molar-refractivity contribution in [3.05, 3.63) is 11.6 Å². The van der Waals surface area contributed by atoms with Gasteiger partial charge in [-0.05, 0) is 23.7 Å². The van der Waals surface area contributed by atoms with Crippen molar-refractivity contribution in [1.29, 1.82) is 0 Å². The third-order valence-corrected chi connectivity index (χ3v) is 5.00. The molecular formula is C12H19NOS. The third-order valence-electron chi connectivity index (χ3n) is 4.26. The molecule has 1 amide bonds. The Bertz CT molecular complexity index is 311. The van der Waals surface area contributed by atoms with Crippen molar-refractivity contribution in [3.63, 3.8) is 0 Å². The highest BCUT2D eigenvalue weighted by Crippen LogP contribution is 2.53. The van der Waals surface area contributed by atoms with Gasteiger partial charge in [-0.1, -0.05) is 27.2 Å². The van der Waals surface area contributed by atoms with Gasteiger partial charge in [-0.2, -0.15) is 0 Å². The second-order valence-electron chi connectivity index (χ2n) is 5.43. The molecule has 0 radical (unpaired) electrons. The molecule has 0 N–H and O–H groups in total. The van der Waals surface area contributed by atoms with E-state index in [1.807, 2.05) is 16.5 Å². The maximum atomic E-state index is 12.4. The summed E-state index contributed by atoms with van der Waals surface area (Å²) >= 11 is 1.69. The lowest BCUT2D eigenvalue weighted by atomic mass is 9.68.